The first-order valence-electron chi connectivity index (χ1n) is 7.07. The molecule has 5 heteroatoms. The minimum atomic E-state index is 0.160. The van der Waals surface area contributed by atoms with Crippen molar-refractivity contribution in [2.75, 3.05) is 20.1 Å². The lowest BCUT2D eigenvalue weighted by atomic mass is 10.0. The Morgan fingerprint density at radius 3 is 2.70 bits per heavy atom. The van der Waals surface area contributed by atoms with Crippen molar-refractivity contribution in [1.82, 2.24) is 10.2 Å². The number of hydrogen-bond donors (Lipinski definition) is 1. The van der Waals surface area contributed by atoms with Crippen LogP contribution in [0.25, 0.3) is 0 Å². The maximum absolute atomic E-state index is 6.28. The van der Waals surface area contributed by atoms with Gasteiger partial charge in [0.15, 0.2) is 0 Å². The first kappa shape index (κ1) is 16.4. The van der Waals surface area contributed by atoms with Crippen LogP contribution in [-0.4, -0.2) is 31.1 Å². The summed E-state index contributed by atoms with van der Waals surface area (Å²) in [5, 5.41) is 5.05. The average Bonchev–Trinajstić information content (AvgIpc) is 2.44. The lowest BCUT2D eigenvalue weighted by molar-refractivity contribution is 0.178. The Bertz CT molecular complexity index is 465. The third kappa shape index (κ3) is 3.80. The summed E-state index contributed by atoms with van der Waals surface area (Å²) in [6, 6.07) is 4.51. The Morgan fingerprint density at radius 1 is 1.25 bits per heavy atom. The molecule has 2 atom stereocenters. The van der Waals surface area contributed by atoms with E-state index in [4.69, 9.17) is 34.8 Å². The monoisotopic (exact) mass is 334 g/mol. The molecule has 1 aliphatic heterocycles. The molecule has 112 valence electrons. The summed E-state index contributed by atoms with van der Waals surface area (Å²) in [6.07, 6.45) is 3.88. The second kappa shape index (κ2) is 7.33. The summed E-state index contributed by atoms with van der Waals surface area (Å²) in [7, 11) is 2.20. The highest BCUT2D eigenvalue weighted by Crippen LogP contribution is 2.35. The molecular formula is C15H21Cl3N2. The fraction of sp³-hybridized carbons (Fsp3) is 0.600. The smallest absolute Gasteiger partial charge is 0.0781 e. The van der Waals surface area contributed by atoms with E-state index in [1.165, 1.54) is 25.8 Å². The van der Waals surface area contributed by atoms with Crippen LogP contribution in [0.1, 0.15) is 37.8 Å². The van der Waals surface area contributed by atoms with Gasteiger partial charge in [0.1, 0.15) is 0 Å². The van der Waals surface area contributed by atoms with E-state index in [9.17, 15) is 0 Å². The topological polar surface area (TPSA) is 15.3 Å². The SMILES string of the molecule is CC(NCC1CCCCN1C)c1ccc(Cl)c(Cl)c1Cl. The molecule has 2 unspecified atom stereocenters. The normalized spacial score (nSPS) is 21.9. The van der Waals surface area contributed by atoms with Crippen LogP contribution in [0.4, 0.5) is 0 Å². The van der Waals surface area contributed by atoms with Gasteiger partial charge in [-0.25, -0.2) is 0 Å². The Labute approximate surface area is 136 Å². The van der Waals surface area contributed by atoms with Crippen LogP contribution >= 0.6 is 34.8 Å². The van der Waals surface area contributed by atoms with Crippen LogP contribution < -0.4 is 5.32 Å². The van der Waals surface area contributed by atoms with Crippen LogP contribution in [-0.2, 0) is 0 Å². The fourth-order valence-electron chi connectivity index (χ4n) is 2.70. The maximum Gasteiger partial charge on any atom is 0.0781 e. The van der Waals surface area contributed by atoms with Crippen LogP contribution in [0.15, 0.2) is 12.1 Å². The Kier molecular flexibility index (Phi) is 6.00. The molecule has 0 aromatic heterocycles. The van der Waals surface area contributed by atoms with Crippen molar-refractivity contribution < 1.29 is 0 Å². The van der Waals surface area contributed by atoms with Gasteiger partial charge in [-0.1, -0.05) is 47.3 Å². The molecule has 1 heterocycles. The summed E-state index contributed by atoms with van der Waals surface area (Å²) in [5.41, 5.74) is 1.000. The Balaban J connectivity index is 1.98. The molecule has 1 aliphatic rings. The molecular weight excluding hydrogens is 315 g/mol. The molecule has 1 saturated heterocycles. The van der Waals surface area contributed by atoms with Crippen molar-refractivity contribution in [3.63, 3.8) is 0 Å². The highest BCUT2D eigenvalue weighted by Gasteiger charge is 2.20. The molecule has 2 nitrogen and oxygen atoms in total. The van der Waals surface area contributed by atoms with Crippen molar-refractivity contribution in [2.45, 2.75) is 38.3 Å². The fourth-order valence-corrected chi connectivity index (χ4v) is 3.41. The number of nitrogens with one attached hydrogen (secondary N) is 1. The number of rotatable bonds is 4. The van der Waals surface area contributed by atoms with E-state index in [2.05, 4.69) is 24.2 Å². The van der Waals surface area contributed by atoms with Crippen molar-refractivity contribution in [2.24, 2.45) is 0 Å². The van der Waals surface area contributed by atoms with Gasteiger partial charge in [-0.2, -0.15) is 0 Å². The van der Waals surface area contributed by atoms with Gasteiger partial charge in [0.2, 0.25) is 0 Å². The molecule has 0 radical (unpaired) electrons. The summed E-state index contributed by atoms with van der Waals surface area (Å²) in [5.74, 6) is 0. The molecule has 0 spiro atoms. The molecule has 2 rings (SSSR count). The zero-order chi connectivity index (χ0) is 14.7. The van der Waals surface area contributed by atoms with Gasteiger partial charge >= 0.3 is 0 Å². The van der Waals surface area contributed by atoms with Gasteiger partial charge in [0, 0.05) is 18.6 Å². The number of nitrogens with zero attached hydrogens (tertiary/aromatic N) is 1. The second-order valence-electron chi connectivity index (χ2n) is 5.52. The van der Waals surface area contributed by atoms with Crippen LogP contribution in [0, 0.1) is 0 Å². The zero-order valence-corrected chi connectivity index (χ0v) is 14.2. The molecule has 0 bridgehead atoms. The zero-order valence-electron chi connectivity index (χ0n) is 11.9. The van der Waals surface area contributed by atoms with Gasteiger partial charge in [-0.3, -0.25) is 0 Å². The highest BCUT2D eigenvalue weighted by atomic mass is 35.5. The maximum atomic E-state index is 6.28. The van der Waals surface area contributed by atoms with Gasteiger partial charge in [0.05, 0.1) is 15.1 Å². The molecule has 1 aromatic carbocycles. The number of likely N-dealkylation sites (tertiary alicyclic amines) is 1. The summed E-state index contributed by atoms with van der Waals surface area (Å²) >= 11 is 18.3. The number of hydrogen-bond acceptors (Lipinski definition) is 2. The summed E-state index contributed by atoms with van der Waals surface area (Å²) in [6.45, 7) is 4.26. The predicted octanol–water partition coefficient (Wildman–Crippen LogP) is 4.78. The number of likely N-dealkylation sites (N-methyl/N-ethyl adjacent to an activating group) is 1. The van der Waals surface area contributed by atoms with Crippen molar-refractivity contribution in [3.8, 4) is 0 Å². The van der Waals surface area contributed by atoms with E-state index in [-0.39, 0.29) is 6.04 Å². The minimum absolute atomic E-state index is 0.160. The van der Waals surface area contributed by atoms with Crippen molar-refractivity contribution in [3.05, 3.63) is 32.8 Å². The van der Waals surface area contributed by atoms with Gasteiger partial charge in [-0.15, -0.1) is 0 Å². The quantitative estimate of drug-likeness (QED) is 0.796. The first-order valence-corrected chi connectivity index (χ1v) is 8.21. The van der Waals surface area contributed by atoms with Crippen LogP contribution in [0.3, 0.4) is 0 Å². The predicted molar refractivity (Wildman–Crippen MR) is 88.2 cm³/mol. The Hall–Kier alpha value is 0.01000. The van der Waals surface area contributed by atoms with E-state index in [1.54, 1.807) is 6.07 Å². The van der Waals surface area contributed by atoms with Gasteiger partial charge in [-0.05, 0) is 45.0 Å². The van der Waals surface area contributed by atoms with Gasteiger partial charge in [0.25, 0.3) is 0 Å². The largest absolute Gasteiger partial charge is 0.309 e. The molecule has 20 heavy (non-hydrogen) atoms. The highest BCUT2D eigenvalue weighted by molar-refractivity contribution is 6.48. The molecule has 0 saturated carbocycles. The van der Waals surface area contributed by atoms with E-state index in [0.29, 0.717) is 21.1 Å². The van der Waals surface area contributed by atoms with E-state index in [1.807, 2.05) is 6.07 Å². The molecule has 0 aliphatic carbocycles. The third-order valence-electron chi connectivity index (χ3n) is 4.11. The van der Waals surface area contributed by atoms with Gasteiger partial charge < -0.3 is 10.2 Å². The van der Waals surface area contributed by atoms with E-state index in [0.717, 1.165) is 12.1 Å². The standard InChI is InChI=1S/C15H21Cl3N2/c1-10(12-6-7-13(16)15(18)14(12)17)19-9-11-5-3-4-8-20(11)2/h6-7,10-11,19H,3-5,8-9H2,1-2H3. The average molecular weight is 336 g/mol. The first-order chi connectivity index (χ1) is 9.50. The number of halogens is 3. The second-order valence-corrected chi connectivity index (χ2v) is 6.69. The minimum Gasteiger partial charge on any atom is -0.309 e. The summed E-state index contributed by atoms with van der Waals surface area (Å²) < 4.78 is 0. The molecule has 1 aromatic rings. The Morgan fingerprint density at radius 2 is 2.00 bits per heavy atom. The van der Waals surface area contributed by atoms with E-state index >= 15 is 0 Å². The van der Waals surface area contributed by atoms with Crippen LogP contribution in [0.2, 0.25) is 15.1 Å². The number of benzene rings is 1. The van der Waals surface area contributed by atoms with E-state index < -0.39 is 0 Å². The number of piperidine rings is 1. The molecule has 0 amide bonds. The lowest BCUT2D eigenvalue weighted by Crippen LogP contribution is -2.43. The lowest BCUT2D eigenvalue weighted by Gasteiger charge is -2.33. The van der Waals surface area contributed by atoms with Crippen LogP contribution in [0.5, 0.6) is 0 Å². The third-order valence-corrected chi connectivity index (χ3v) is 5.42. The molecule has 1 fully saturated rings. The van der Waals surface area contributed by atoms with Crippen molar-refractivity contribution in [1.29, 1.82) is 0 Å². The summed E-state index contributed by atoms with van der Waals surface area (Å²) in [4.78, 5) is 2.43. The molecule has 1 N–H and O–H groups in total. The van der Waals surface area contributed by atoms with Crippen molar-refractivity contribution >= 4 is 34.8 Å².